The summed E-state index contributed by atoms with van der Waals surface area (Å²) in [5.74, 6) is 0. The fourth-order valence-corrected chi connectivity index (χ4v) is 3.51. The molecule has 0 atom stereocenters. The molecule has 3 rings (SSSR count). The number of nitrogens with zero attached hydrogens (tertiary/aromatic N) is 1. The van der Waals surface area contributed by atoms with Gasteiger partial charge in [-0.25, -0.2) is 4.79 Å². The molecule has 0 fully saturated rings. The lowest BCUT2D eigenvalue weighted by Crippen LogP contribution is -2.34. The number of urea groups is 1. The Kier molecular flexibility index (Phi) is 6.36. The Hall–Kier alpha value is -1.98. The molecular weight excluding hydrogens is 330 g/mol. The first kappa shape index (κ1) is 17.8. The van der Waals surface area contributed by atoms with Crippen molar-refractivity contribution >= 4 is 23.5 Å². The van der Waals surface area contributed by atoms with E-state index >= 15 is 0 Å². The number of anilines is 1. The summed E-state index contributed by atoms with van der Waals surface area (Å²) < 4.78 is 0. The first-order chi connectivity index (χ1) is 12.2. The van der Waals surface area contributed by atoms with Crippen LogP contribution in [-0.4, -0.2) is 36.8 Å². The Morgan fingerprint density at radius 3 is 2.64 bits per heavy atom. The van der Waals surface area contributed by atoms with Crippen molar-refractivity contribution in [1.29, 1.82) is 0 Å². The molecule has 25 heavy (non-hydrogen) atoms. The molecule has 4 nitrogen and oxygen atoms in total. The van der Waals surface area contributed by atoms with E-state index in [2.05, 4.69) is 39.8 Å². The summed E-state index contributed by atoms with van der Waals surface area (Å²) in [6.45, 7) is 3.82. The van der Waals surface area contributed by atoms with Gasteiger partial charge >= 0.3 is 6.03 Å². The summed E-state index contributed by atoms with van der Waals surface area (Å²) in [4.78, 5) is 15.6. The molecule has 2 aromatic carbocycles. The molecule has 132 valence electrons. The van der Waals surface area contributed by atoms with Gasteiger partial charge in [0, 0.05) is 36.8 Å². The minimum atomic E-state index is -0.138. The van der Waals surface area contributed by atoms with Crippen molar-refractivity contribution in [1.82, 2.24) is 10.2 Å². The SMILES string of the molecule is CSc1ccc(NC(=O)NCCCN2CCc3ccccc3C2)cc1. The minimum absolute atomic E-state index is 0.138. The predicted molar refractivity (Wildman–Crippen MR) is 105 cm³/mol. The van der Waals surface area contributed by atoms with Crippen molar-refractivity contribution in [3.63, 3.8) is 0 Å². The number of rotatable bonds is 6. The second kappa shape index (κ2) is 8.92. The topological polar surface area (TPSA) is 44.4 Å². The first-order valence-corrected chi connectivity index (χ1v) is 9.95. The molecule has 2 amide bonds. The van der Waals surface area contributed by atoms with E-state index in [1.54, 1.807) is 11.8 Å². The maximum Gasteiger partial charge on any atom is 0.319 e. The van der Waals surface area contributed by atoms with Gasteiger partial charge in [-0.3, -0.25) is 4.90 Å². The van der Waals surface area contributed by atoms with E-state index in [1.807, 2.05) is 30.5 Å². The van der Waals surface area contributed by atoms with E-state index in [0.717, 1.165) is 38.2 Å². The number of thioether (sulfide) groups is 1. The molecule has 0 aliphatic carbocycles. The van der Waals surface area contributed by atoms with Crippen LogP contribution in [0.2, 0.25) is 0 Å². The molecule has 0 saturated carbocycles. The number of hydrogen-bond acceptors (Lipinski definition) is 3. The monoisotopic (exact) mass is 355 g/mol. The van der Waals surface area contributed by atoms with Gasteiger partial charge in [-0.1, -0.05) is 24.3 Å². The lowest BCUT2D eigenvalue weighted by molar-refractivity contribution is 0.242. The molecule has 1 aliphatic rings. The van der Waals surface area contributed by atoms with Crippen molar-refractivity contribution in [3.05, 3.63) is 59.7 Å². The van der Waals surface area contributed by atoms with E-state index in [1.165, 1.54) is 16.0 Å². The smallest absolute Gasteiger partial charge is 0.319 e. The predicted octanol–water partition coefficient (Wildman–Crippen LogP) is 3.98. The highest BCUT2D eigenvalue weighted by Gasteiger charge is 2.14. The van der Waals surface area contributed by atoms with Crippen LogP contribution in [0.25, 0.3) is 0 Å². The molecule has 2 aromatic rings. The van der Waals surface area contributed by atoms with Crippen LogP contribution in [0.5, 0.6) is 0 Å². The van der Waals surface area contributed by atoms with E-state index < -0.39 is 0 Å². The van der Waals surface area contributed by atoms with Gasteiger partial charge in [-0.2, -0.15) is 0 Å². The summed E-state index contributed by atoms with van der Waals surface area (Å²) in [7, 11) is 0. The molecule has 0 unspecified atom stereocenters. The van der Waals surface area contributed by atoms with Gasteiger partial charge < -0.3 is 10.6 Å². The van der Waals surface area contributed by atoms with Crippen molar-refractivity contribution in [2.45, 2.75) is 24.3 Å². The summed E-state index contributed by atoms with van der Waals surface area (Å²) in [6, 6.07) is 16.4. The highest BCUT2D eigenvalue weighted by atomic mass is 32.2. The van der Waals surface area contributed by atoms with Crippen molar-refractivity contribution in [2.24, 2.45) is 0 Å². The Bertz CT molecular complexity index is 702. The maximum atomic E-state index is 11.9. The zero-order chi connectivity index (χ0) is 17.5. The molecule has 0 saturated heterocycles. The fourth-order valence-electron chi connectivity index (χ4n) is 3.10. The van der Waals surface area contributed by atoms with Gasteiger partial charge in [0.1, 0.15) is 0 Å². The molecule has 0 aromatic heterocycles. The lowest BCUT2D eigenvalue weighted by atomic mass is 10.00. The third-order valence-electron chi connectivity index (χ3n) is 4.49. The van der Waals surface area contributed by atoms with Crippen LogP contribution in [0.15, 0.2) is 53.4 Å². The zero-order valence-electron chi connectivity index (χ0n) is 14.6. The minimum Gasteiger partial charge on any atom is -0.338 e. The Labute approximate surface area is 154 Å². The highest BCUT2D eigenvalue weighted by Crippen LogP contribution is 2.18. The molecule has 0 bridgehead atoms. The van der Waals surface area contributed by atoms with Gasteiger partial charge in [-0.05, 0) is 54.5 Å². The summed E-state index contributed by atoms with van der Waals surface area (Å²) >= 11 is 1.69. The van der Waals surface area contributed by atoms with Crippen molar-refractivity contribution in [3.8, 4) is 0 Å². The van der Waals surface area contributed by atoms with Gasteiger partial charge in [-0.15, -0.1) is 11.8 Å². The number of carbonyl (C=O) groups is 1. The molecular formula is C20H25N3OS. The number of benzene rings is 2. The summed E-state index contributed by atoms with van der Waals surface area (Å²) in [5.41, 5.74) is 3.74. The van der Waals surface area contributed by atoms with Crippen LogP contribution in [0.1, 0.15) is 17.5 Å². The van der Waals surface area contributed by atoms with Gasteiger partial charge in [0.2, 0.25) is 0 Å². The third kappa shape index (κ3) is 5.25. The van der Waals surface area contributed by atoms with Crippen LogP contribution >= 0.6 is 11.8 Å². The number of hydrogen-bond donors (Lipinski definition) is 2. The van der Waals surface area contributed by atoms with E-state index in [-0.39, 0.29) is 6.03 Å². The van der Waals surface area contributed by atoms with Crippen LogP contribution < -0.4 is 10.6 Å². The lowest BCUT2D eigenvalue weighted by Gasteiger charge is -2.28. The van der Waals surface area contributed by atoms with Gasteiger partial charge in [0.15, 0.2) is 0 Å². The number of amides is 2. The van der Waals surface area contributed by atoms with Crippen LogP contribution in [0.3, 0.4) is 0 Å². The average Bonchev–Trinajstić information content (AvgIpc) is 2.66. The fraction of sp³-hybridized carbons (Fsp3) is 0.350. The Morgan fingerprint density at radius 2 is 1.88 bits per heavy atom. The summed E-state index contributed by atoms with van der Waals surface area (Å²) in [5, 5.41) is 5.81. The largest absolute Gasteiger partial charge is 0.338 e. The van der Waals surface area contributed by atoms with E-state index in [4.69, 9.17) is 0 Å². The highest BCUT2D eigenvalue weighted by molar-refractivity contribution is 7.98. The standard InChI is InChI=1S/C20H25N3OS/c1-25-19-9-7-18(8-10-19)22-20(24)21-12-4-13-23-14-11-16-5-2-3-6-17(16)15-23/h2-3,5-10H,4,11-15H2,1H3,(H2,21,22,24). The second-order valence-electron chi connectivity index (χ2n) is 6.26. The Balaban J connectivity index is 1.35. The molecule has 5 heteroatoms. The van der Waals surface area contributed by atoms with Crippen molar-refractivity contribution < 1.29 is 4.79 Å². The molecule has 0 radical (unpaired) electrons. The quantitative estimate of drug-likeness (QED) is 0.608. The summed E-state index contributed by atoms with van der Waals surface area (Å²) in [6.07, 6.45) is 4.12. The first-order valence-electron chi connectivity index (χ1n) is 8.72. The normalized spacial score (nSPS) is 14.0. The number of fused-ring (bicyclic) bond motifs is 1. The van der Waals surface area contributed by atoms with E-state index in [9.17, 15) is 4.79 Å². The van der Waals surface area contributed by atoms with Gasteiger partial charge in [0.25, 0.3) is 0 Å². The number of carbonyl (C=O) groups excluding carboxylic acids is 1. The second-order valence-corrected chi connectivity index (χ2v) is 7.14. The Morgan fingerprint density at radius 1 is 1.12 bits per heavy atom. The van der Waals surface area contributed by atoms with Crippen molar-refractivity contribution in [2.75, 3.05) is 31.2 Å². The van der Waals surface area contributed by atoms with E-state index in [0.29, 0.717) is 6.54 Å². The third-order valence-corrected chi connectivity index (χ3v) is 5.24. The number of nitrogens with one attached hydrogen (secondary N) is 2. The molecule has 2 N–H and O–H groups in total. The zero-order valence-corrected chi connectivity index (χ0v) is 15.4. The molecule has 1 heterocycles. The van der Waals surface area contributed by atoms with Gasteiger partial charge in [0.05, 0.1) is 0 Å². The van der Waals surface area contributed by atoms with Crippen LogP contribution in [0.4, 0.5) is 10.5 Å². The molecule has 1 aliphatic heterocycles. The molecule has 0 spiro atoms. The maximum absolute atomic E-state index is 11.9. The van der Waals surface area contributed by atoms with Crippen LogP contribution in [-0.2, 0) is 13.0 Å². The van der Waals surface area contributed by atoms with Crippen LogP contribution in [0, 0.1) is 0 Å². The average molecular weight is 356 g/mol.